The maximum atomic E-state index is 12.3. The molecule has 0 fully saturated rings. The largest absolute Gasteiger partial charge is 0.507 e. The first-order chi connectivity index (χ1) is 9.18. The molecule has 0 heterocycles. The van der Waals surface area contributed by atoms with Crippen molar-refractivity contribution in [2.75, 3.05) is 0 Å². The van der Waals surface area contributed by atoms with Crippen LogP contribution in [-0.4, -0.2) is 16.0 Å². The van der Waals surface area contributed by atoms with E-state index in [4.69, 9.17) is 0 Å². The second-order valence-corrected chi connectivity index (χ2v) is 4.84. The highest BCUT2D eigenvalue weighted by molar-refractivity contribution is 6.04. The first-order valence-electron chi connectivity index (χ1n) is 6.26. The molecule has 19 heavy (non-hydrogen) atoms. The van der Waals surface area contributed by atoms with Gasteiger partial charge in [0.05, 0.1) is 17.6 Å². The number of carbonyl (C=O) groups is 1. The van der Waals surface area contributed by atoms with E-state index in [-0.39, 0.29) is 11.5 Å². The van der Waals surface area contributed by atoms with Crippen molar-refractivity contribution in [2.45, 2.75) is 12.5 Å². The Labute approximate surface area is 111 Å². The first kappa shape index (κ1) is 11.9. The molecule has 3 rings (SSSR count). The minimum absolute atomic E-state index is 0.00487. The summed E-state index contributed by atoms with van der Waals surface area (Å²) in [5.41, 5.74) is 1.90. The van der Waals surface area contributed by atoms with Gasteiger partial charge in [-0.05, 0) is 23.6 Å². The summed E-state index contributed by atoms with van der Waals surface area (Å²) < 4.78 is 0. The molecule has 0 spiro atoms. The first-order valence-corrected chi connectivity index (χ1v) is 6.26. The van der Waals surface area contributed by atoms with E-state index in [1.807, 2.05) is 24.3 Å². The summed E-state index contributed by atoms with van der Waals surface area (Å²) in [6.07, 6.45) is -0.362. The Kier molecular flexibility index (Phi) is 2.84. The van der Waals surface area contributed by atoms with Gasteiger partial charge < -0.3 is 10.2 Å². The molecule has 0 amide bonds. The van der Waals surface area contributed by atoms with Crippen molar-refractivity contribution in [1.29, 1.82) is 0 Å². The number of phenols is 1. The molecule has 3 nitrogen and oxygen atoms in total. The highest BCUT2D eigenvalue weighted by Crippen LogP contribution is 2.38. The van der Waals surface area contributed by atoms with E-state index >= 15 is 0 Å². The highest BCUT2D eigenvalue weighted by atomic mass is 16.3. The lowest BCUT2D eigenvalue weighted by Gasteiger charge is -2.16. The third kappa shape index (κ3) is 1.92. The van der Waals surface area contributed by atoms with Crippen LogP contribution in [-0.2, 0) is 6.42 Å². The van der Waals surface area contributed by atoms with E-state index in [1.165, 1.54) is 6.07 Å². The van der Waals surface area contributed by atoms with Crippen LogP contribution in [0.15, 0.2) is 48.5 Å². The lowest BCUT2D eigenvalue weighted by molar-refractivity contribution is 0.0708. The molecule has 2 aromatic carbocycles. The van der Waals surface area contributed by atoms with Crippen molar-refractivity contribution in [3.05, 3.63) is 65.2 Å². The average molecular weight is 254 g/mol. The molecule has 0 saturated heterocycles. The van der Waals surface area contributed by atoms with Gasteiger partial charge in [0.25, 0.3) is 0 Å². The number of aliphatic hydroxyl groups excluding tert-OH is 1. The molecule has 2 aromatic rings. The maximum Gasteiger partial charge on any atom is 0.173 e. The van der Waals surface area contributed by atoms with Gasteiger partial charge in [0, 0.05) is 0 Å². The van der Waals surface area contributed by atoms with E-state index < -0.39 is 12.0 Å². The number of hydrogen-bond acceptors (Lipinski definition) is 3. The summed E-state index contributed by atoms with van der Waals surface area (Å²) in [7, 11) is 0. The minimum Gasteiger partial charge on any atom is -0.507 e. The third-order valence-electron chi connectivity index (χ3n) is 3.67. The molecule has 0 saturated carbocycles. The monoisotopic (exact) mass is 254 g/mol. The number of carbonyl (C=O) groups excluding carboxylic acids is 1. The van der Waals surface area contributed by atoms with E-state index in [1.54, 1.807) is 18.2 Å². The highest BCUT2D eigenvalue weighted by Gasteiger charge is 2.37. The number of fused-ring (bicyclic) bond motifs is 1. The number of benzene rings is 2. The summed E-state index contributed by atoms with van der Waals surface area (Å²) >= 11 is 0. The van der Waals surface area contributed by atoms with Crippen molar-refractivity contribution in [3.8, 4) is 5.75 Å². The van der Waals surface area contributed by atoms with E-state index in [9.17, 15) is 15.0 Å². The Morgan fingerprint density at radius 1 is 1.05 bits per heavy atom. The zero-order chi connectivity index (χ0) is 13.4. The molecule has 2 N–H and O–H groups in total. The van der Waals surface area contributed by atoms with Crippen LogP contribution in [0.25, 0.3) is 0 Å². The van der Waals surface area contributed by atoms with Crippen molar-refractivity contribution in [2.24, 2.45) is 5.92 Å². The fourth-order valence-electron chi connectivity index (χ4n) is 2.69. The van der Waals surface area contributed by atoms with Crippen LogP contribution in [0.4, 0.5) is 0 Å². The van der Waals surface area contributed by atoms with Gasteiger partial charge in [0.15, 0.2) is 5.78 Å². The fourth-order valence-corrected chi connectivity index (χ4v) is 2.69. The molecule has 1 aliphatic rings. The predicted molar refractivity (Wildman–Crippen MR) is 71.0 cm³/mol. The fraction of sp³-hybridized carbons (Fsp3) is 0.188. The second kappa shape index (κ2) is 4.52. The number of Topliss-reactive ketones (excluding diaryl/α,β-unsaturated/α-hetero) is 1. The molecular formula is C16H14O3. The van der Waals surface area contributed by atoms with Crippen LogP contribution in [0.3, 0.4) is 0 Å². The molecule has 0 bridgehead atoms. The van der Waals surface area contributed by atoms with Gasteiger partial charge >= 0.3 is 0 Å². The molecule has 1 unspecified atom stereocenters. The van der Waals surface area contributed by atoms with Crippen LogP contribution >= 0.6 is 0 Å². The number of rotatable bonds is 2. The number of ketones is 1. The van der Waals surface area contributed by atoms with Gasteiger partial charge in [-0.25, -0.2) is 0 Å². The molecule has 0 aliphatic heterocycles. The molecule has 0 radical (unpaired) electrons. The van der Waals surface area contributed by atoms with E-state index in [2.05, 4.69) is 0 Å². The number of aromatic hydroxyl groups is 1. The van der Waals surface area contributed by atoms with Gasteiger partial charge in [0.2, 0.25) is 0 Å². The van der Waals surface area contributed by atoms with Crippen LogP contribution in [0.2, 0.25) is 0 Å². The smallest absolute Gasteiger partial charge is 0.173 e. The molecule has 2 atom stereocenters. The second-order valence-electron chi connectivity index (χ2n) is 4.84. The van der Waals surface area contributed by atoms with Crippen molar-refractivity contribution in [3.63, 3.8) is 0 Å². The zero-order valence-corrected chi connectivity index (χ0v) is 10.3. The average Bonchev–Trinajstić information content (AvgIpc) is 2.78. The normalized spacial score (nSPS) is 19.2. The van der Waals surface area contributed by atoms with Gasteiger partial charge in [-0.15, -0.1) is 0 Å². The lowest BCUT2D eigenvalue weighted by Crippen LogP contribution is -2.18. The SMILES string of the molecule is O=C1c2c(O)cccc2C[C@@H]1C(O)c1ccccc1. The minimum atomic E-state index is -0.833. The Hall–Kier alpha value is -2.13. The Balaban J connectivity index is 1.94. The summed E-state index contributed by atoms with van der Waals surface area (Å²) in [4.78, 5) is 12.3. The molecule has 96 valence electrons. The summed E-state index contributed by atoms with van der Waals surface area (Å²) in [5.74, 6) is -0.680. The molecule has 1 aliphatic carbocycles. The predicted octanol–water partition coefficient (Wildman–Crippen LogP) is 2.48. The van der Waals surface area contributed by atoms with Crippen molar-refractivity contribution < 1.29 is 15.0 Å². The van der Waals surface area contributed by atoms with Crippen LogP contribution < -0.4 is 0 Å². The number of phenolic OH excluding ortho intramolecular Hbond substituents is 1. The lowest BCUT2D eigenvalue weighted by atomic mass is 9.92. The Morgan fingerprint density at radius 3 is 2.47 bits per heavy atom. The topological polar surface area (TPSA) is 57.5 Å². The quantitative estimate of drug-likeness (QED) is 0.865. The van der Waals surface area contributed by atoms with Gasteiger partial charge in [-0.2, -0.15) is 0 Å². The maximum absolute atomic E-state index is 12.3. The Morgan fingerprint density at radius 2 is 1.79 bits per heavy atom. The molecular weight excluding hydrogens is 240 g/mol. The van der Waals surface area contributed by atoms with Crippen LogP contribution in [0.1, 0.15) is 27.6 Å². The van der Waals surface area contributed by atoms with E-state index in [0.29, 0.717) is 12.0 Å². The standard InChI is InChI=1S/C16H14O3/c17-13-8-4-7-11-9-12(16(19)14(11)13)15(18)10-5-2-1-3-6-10/h1-8,12,15,17-18H,9H2/t12-,15?/m1/s1. The van der Waals surface area contributed by atoms with Gasteiger partial charge in [0.1, 0.15) is 5.75 Å². The van der Waals surface area contributed by atoms with Crippen LogP contribution in [0.5, 0.6) is 5.75 Å². The van der Waals surface area contributed by atoms with Gasteiger partial charge in [-0.3, -0.25) is 4.79 Å². The Bertz CT molecular complexity index is 619. The number of aliphatic hydroxyl groups is 1. The summed E-state index contributed by atoms with van der Waals surface area (Å²) in [6.45, 7) is 0. The third-order valence-corrected chi connectivity index (χ3v) is 3.67. The van der Waals surface area contributed by atoms with E-state index in [0.717, 1.165) is 11.1 Å². The summed E-state index contributed by atoms with van der Waals surface area (Å²) in [6, 6.07) is 14.2. The van der Waals surface area contributed by atoms with Crippen LogP contribution in [0, 0.1) is 5.92 Å². The van der Waals surface area contributed by atoms with Crippen molar-refractivity contribution in [1.82, 2.24) is 0 Å². The zero-order valence-electron chi connectivity index (χ0n) is 10.3. The van der Waals surface area contributed by atoms with Gasteiger partial charge in [-0.1, -0.05) is 42.5 Å². The molecule has 3 heteroatoms. The molecule has 0 aromatic heterocycles. The number of hydrogen-bond donors (Lipinski definition) is 2. The summed E-state index contributed by atoms with van der Waals surface area (Å²) in [5, 5.41) is 20.1. The van der Waals surface area contributed by atoms with Crippen molar-refractivity contribution >= 4 is 5.78 Å².